The smallest absolute Gasteiger partial charge is 0.221 e. The molecular formula is C18H25ClN4O. The summed E-state index contributed by atoms with van der Waals surface area (Å²) in [5, 5.41) is 11.3. The second-order valence-electron chi connectivity index (χ2n) is 6.10. The van der Waals surface area contributed by atoms with Crippen molar-refractivity contribution in [1.29, 1.82) is 0 Å². The van der Waals surface area contributed by atoms with Crippen LogP contribution in [0, 0.1) is 6.92 Å². The van der Waals surface area contributed by atoms with E-state index in [1.807, 2.05) is 48.3 Å². The molecule has 0 saturated carbocycles. The normalized spacial score (nSPS) is 13.5. The molecule has 1 heterocycles. The van der Waals surface area contributed by atoms with Crippen LogP contribution in [0.2, 0.25) is 5.02 Å². The Labute approximate surface area is 148 Å². The van der Waals surface area contributed by atoms with Gasteiger partial charge in [-0.15, -0.1) is 0 Å². The number of carbonyl (C=O) groups excluding carboxylic acids is 1. The summed E-state index contributed by atoms with van der Waals surface area (Å²) < 4.78 is 1.95. The van der Waals surface area contributed by atoms with Crippen molar-refractivity contribution >= 4 is 17.5 Å². The molecule has 0 aliphatic rings. The fraction of sp³-hybridized carbons (Fsp3) is 0.444. The molecule has 0 bridgehead atoms. The van der Waals surface area contributed by atoms with Gasteiger partial charge < -0.3 is 10.6 Å². The van der Waals surface area contributed by atoms with E-state index in [0.717, 1.165) is 11.1 Å². The number of nitrogens with one attached hydrogen (secondary N) is 2. The van der Waals surface area contributed by atoms with E-state index in [-0.39, 0.29) is 18.0 Å². The third-order valence-electron chi connectivity index (χ3n) is 4.12. The first-order valence-corrected chi connectivity index (χ1v) is 8.59. The largest absolute Gasteiger partial charge is 0.352 e. The molecule has 130 valence electrons. The molecule has 0 spiro atoms. The zero-order chi connectivity index (χ0) is 17.5. The second kappa shape index (κ2) is 8.85. The van der Waals surface area contributed by atoms with Crippen LogP contribution in [0.1, 0.15) is 37.4 Å². The molecule has 6 heteroatoms. The number of benzene rings is 1. The number of rotatable bonds is 8. The molecule has 5 nitrogen and oxygen atoms in total. The number of nitrogens with zero attached hydrogens (tertiary/aromatic N) is 2. The van der Waals surface area contributed by atoms with Crippen LogP contribution in [0.15, 0.2) is 36.7 Å². The van der Waals surface area contributed by atoms with Crippen molar-refractivity contribution in [2.24, 2.45) is 0 Å². The number of aryl methyl sites for hydroxylation is 1. The van der Waals surface area contributed by atoms with Crippen LogP contribution < -0.4 is 10.6 Å². The van der Waals surface area contributed by atoms with Gasteiger partial charge in [-0.1, -0.05) is 29.8 Å². The van der Waals surface area contributed by atoms with Gasteiger partial charge >= 0.3 is 0 Å². The lowest BCUT2D eigenvalue weighted by Crippen LogP contribution is -2.36. The second-order valence-corrected chi connectivity index (χ2v) is 6.51. The Balaban J connectivity index is 1.69. The predicted octanol–water partition coefficient (Wildman–Crippen LogP) is 3.09. The van der Waals surface area contributed by atoms with E-state index in [0.29, 0.717) is 24.5 Å². The van der Waals surface area contributed by atoms with Gasteiger partial charge in [-0.05, 0) is 38.0 Å². The minimum atomic E-state index is 0.0113. The van der Waals surface area contributed by atoms with E-state index in [4.69, 9.17) is 11.6 Å². The van der Waals surface area contributed by atoms with Gasteiger partial charge in [0.05, 0.1) is 12.2 Å². The summed E-state index contributed by atoms with van der Waals surface area (Å²) in [7, 11) is 0. The number of carbonyl (C=O) groups is 1. The third kappa shape index (κ3) is 5.35. The molecule has 0 aliphatic heterocycles. The quantitative estimate of drug-likeness (QED) is 0.770. The summed E-state index contributed by atoms with van der Waals surface area (Å²) in [4.78, 5) is 11.9. The lowest BCUT2D eigenvalue weighted by atomic mass is 10.1. The monoisotopic (exact) mass is 348 g/mol. The summed E-state index contributed by atoms with van der Waals surface area (Å²) >= 11 is 6.08. The Morgan fingerprint density at radius 2 is 2.08 bits per heavy atom. The van der Waals surface area contributed by atoms with Crippen molar-refractivity contribution < 1.29 is 4.79 Å². The number of hydrogen-bond acceptors (Lipinski definition) is 3. The highest BCUT2D eigenvalue weighted by molar-refractivity contribution is 6.31. The van der Waals surface area contributed by atoms with Crippen molar-refractivity contribution in [3.8, 4) is 0 Å². The maximum absolute atomic E-state index is 11.9. The number of amides is 1. The minimum Gasteiger partial charge on any atom is -0.352 e. The van der Waals surface area contributed by atoms with E-state index in [9.17, 15) is 4.79 Å². The summed E-state index contributed by atoms with van der Waals surface area (Å²) in [6.45, 7) is 7.32. The van der Waals surface area contributed by atoms with Crippen molar-refractivity contribution in [1.82, 2.24) is 20.4 Å². The molecule has 0 fully saturated rings. The van der Waals surface area contributed by atoms with Gasteiger partial charge in [-0.25, -0.2) is 0 Å². The highest BCUT2D eigenvalue weighted by Gasteiger charge is 2.14. The molecule has 2 N–H and O–H groups in total. The third-order valence-corrected chi connectivity index (χ3v) is 4.49. The van der Waals surface area contributed by atoms with Crippen LogP contribution in [0.3, 0.4) is 0 Å². The lowest BCUT2D eigenvalue weighted by molar-refractivity contribution is -0.121. The standard InChI is InChI=1S/C18H25ClN4O/c1-13-10-22-23(12-13)15(3)14(2)20-9-8-18(24)21-11-16-6-4-5-7-17(16)19/h4-7,10,12,14-15,20H,8-9,11H2,1-3H3,(H,21,24)/t14-,15-/m0/s1. The topological polar surface area (TPSA) is 59.0 Å². The van der Waals surface area contributed by atoms with Gasteiger partial charge in [0.15, 0.2) is 0 Å². The van der Waals surface area contributed by atoms with Crippen LogP contribution in [-0.2, 0) is 11.3 Å². The van der Waals surface area contributed by atoms with Crippen molar-refractivity contribution in [3.63, 3.8) is 0 Å². The minimum absolute atomic E-state index is 0.0113. The Kier molecular flexibility index (Phi) is 6.82. The highest BCUT2D eigenvalue weighted by Crippen LogP contribution is 2.14. The molecule has 1 aromatic heterocycles. The molecule has 24 heavy (non-hydrogen) atoms. The Morgan fingerprint density at radius 1 is 1.33 bits per heavy atom. The van der Waals surface area contributed by atoms with Crippen LogP contribution in [0.25, 0.3) is 0 Å². The van der Waals surface area contributed by atoms with E-state index in [1.165, 1.54) is 0 Å². The van der Waals surface area contributed by atoms with E-state index >= 15 is 0 Å². The van der Waals surface area contributed by atoms with Gasteiger partial charge in [-0.2, -0.15) is 5.10 Å². The average molecular weight is 349 g/mol. The van der Waals surface area contributed by atoms with E-state index in [1.54, 1.807) is 0 Å². The SMILES string of the molecule is Cc1cnn([C@@H](C)[C@H](C)NCCC(=O)NCc2ccccc2Cl)c1. The van der Waals surface area contributed by atoms with Gasteiger partial charge in [0.1, 0.15) is 0 Å². The molecule has 2 atom stereocenters. The summed E-state index contributed by atoms with van der Waals surface area (Å²) in [6, 6.07) is 7.97. The van der Waals surface area contributed by atoms with E-state index in [2.05, 4.69) is 29.6 Å². The van der Waals surface area contributed by atoms with Crippen LogP contribution in [0.5, 0.6) is 0 Å². The molecule has 0 unspecified atom stereocenters. The van der Waals surface area contributed by atoms with Crippen molar-refractivity contribution in [2.75, 3.05) is 6.54 Å². The fourth-order valence-corrected chi connectivity index (χ4v) is 2.60. The zero-order valence-electron chi connectivity index (χ0n) is 14.4. The molecule has 0 radical (unpaired) electrons. The molecule has 1 aromatic carbocycles. The zero-order valence-corrected chi connectivity index (χ0v) is 15.2. The number of aromatic nitrogens is 2. The predicted molar refractivity (Wildman–Crippen MR) is 97.1 cm³/mol. The number of halogens is 1. The maximum Gasteiger partial charge on any atom is 0.221 e. The van der Waals surface area contributed by atoms with Gasteiger partial charge in [-0.3, -0.25) is 9.48 Å². The van der Waals surface area contributed by atoms with Crippen molar-refractivity contribution in [3.05, 3.63) is 52.8 Å². The lowest BCUT2D eigenvalue weighted by Gasteiger charge is -2.21. The van der Waals surface area contributed by atoms with Gasteiger partial charge in [0.25, 0.3) is 0 Å². The summed E-state index contributed by atoms with van der Waals surface area (Å²) in [5.41, 5.74) is 2.07. The molecule has 2 rings (SSSR count). The first kappa shape index (κ1) is 18.5. The molecule has 1 amide bonds. The Hall–Kier alpha value is -1.85. The first-order valence-electron chi connectivity index (χ1n) is 8.21. The van der Waals surface area contributed by atoms with Crippen LogP contribution in [-0.4, -0.2) is 28.3 Å². The number of hydrogen-bond donors (Lipinski definition) is 2. The maximum atomic E-state index is 11.9. The fourth-order valence-electron chi connectivity index (χ4n) is 2.39. The first-order chi connectivity index (χ1) is 11.5. The van der Waals surface area contributed by atoms with Crippen LogP contribution >= 0.6 is 11.6 Å². The summed E-state index contributed by atoms with van der Waals surface area (Å²) in [5.74, 6) is 0.0113. The highest BCUT2D eigenvalue weighted by atomic mass is 35.5. The van der Waals surface area contributed by atoms with Gasteiger partial charge in [0.2, 0.25) is 5.91 Å². The van der Waals surface area contributed by atoms with E-state index < -0.39 is 0 Å². The Bertz CT molecular complexity index is 671. The molecular weight excluding hydrogens is 324 g/mol. The molecule has 0 saturated heterocycles. The molecule has 2 aromatic rings. The Morgan fingerprint density at radius 3 is 2.75 bits per heavy atom. The van der Waals surface area contributed by atoms with Gasteiger partial charge in [0, 0.05) is 36.8 Å². The van der Waals surface area contributed by atoms with Crippen molar-refractivity contribution in [2.45, 2.75) is 45.8 Å². The summed E-state index contributed by atoms with van der Waals surface area (Å²) in [6.07, 6.45) is 4.31. The average Bonchev–Trinajstić information content (AvgIpc) is 2.99. The van der Waals surface area contributed by atoms with Crippen LogP contribution in [0.4, 0.5) is 0 Å². The molecule has 0 aliphatic carbocycles.